The van der Waals surface area contributed by atoms with E-state index < -0.39 is 0 Å². The van der Waals surface area contributed by atoms with Gasteiger partial charge < -0.3 is 0 Å². The highest BCUT2D eigenvalue weighted by Crippen LogP contribution is 2.14. The largest absolute Gasteiger partial charge is 0.100 e. The fraction of sp³-hybridized carbons (Fsp3) is 0.429. The van der Waals surface area contributed by atoms with Crippen molar-refractivity contribution in [2.24, 2.45) is 0 Å². The first-order chi connectivity index (χ1) is 6.63. The van der Waals surface area contributed by atoms with Crippen LogP contribution in [0.1, 0.15) is 37.0 Å². The Kier molecular flexibility index (Phi) is 3.94. The molecule has 14 heavy (non-hydrogen) atoms. The summed E-state index contributed by atoms with van der Waals surface area (Å²) in [5, 5.41) is 0. The first-order valence-corrected chi connectivity index (χ1v) is 5.36. The molecular formula is C14H20. The Labute approximate surface area is 87.7 Å². The monoisotopic (exact) mass is 188 g/mol. The third kappa shape index (κ3) is 3.02. The van der Waals surface area contributed by atoms with Crippen molar-refractivity contribution in [2.45, 2.75) is 40.0 Å². The molecular weight excluding hydrogens is 168 g/mol. The summed E-state index contributed by atoms with van der Waals surface area (Å²) in [5.41, 5.74) is 5.59. The molecule has 0 aliphatic rings. The molecule has 0 amide bonds. The summed E-state index contributed by atoms with van der Waals surface area (Å²) in [7, 11) is 0. The maximum absolute atomic E-state index is 3.93. The number of benzene rings is 1. The van der Waals surface area contributed by atoms with Crippen LogP contribution >= 0.6 is 0 Å². The van der Waals surface area contributed by atoms with Crippen LogP contribution in [0.15, 0.2) is 30.4 Å². The van der Waals surface area contributed by atoms with E-state index in [0.717, 1.165) is 19.3 Å². The molecule has 0 nitrogen and oxygen atoms in total. The summed E-state index contributed by atoms with van der Waals surface area (Å²) in [4.78, 5) is 0. The van der Waals surface area contributed by atoms with Crippen molar-refractivity contribution in [1.29, 1.82) is 0 Å². The fourth-order valence-electron chi connectivity index (χ4n) is 1.62. The first kappa shape index (κ1) is 11.0. The Morgan fingerprint density at radius 2 is 2.07 bits per heavy atom. The Morgan fingerprint density at radius 1 is 1.36 bits per heavy atom. The Hall–Kier alpha value is -1.04. The van der Waals surface area contributed by atoms with Gasteiger partial charge in [-0.25, -0.2) is 0 Å². The van der Waals surface area contributed by atoms with Crippen LogP contribution in [0.2, 0.25) is 0 Å². The molecule has 0 atom stereocenters. The van der Waals surface area contributed by atoms with Gasteiger partial charge in [0.2, 0.25) is 0 Å². The van der Waals surface area contributed by atoms with Gasteiger partial charge in [-0.3, -0.25) is 0 Å². The van der Waals surface area contributed by atoms with E-state index in [9.17, 15) is 0 Å². The molecule has 0 unspecified atom stereocenters. The zero-order valence-electron chi connectivity index (χ0n) is 9.56. The topological polar surface area (TPSA) is 0 Å². The fourth-order valence-corrected chi connectivity index (χ4v) is 1.62. The van der Waals surface area contributed by atoms with Gasteiger partial charge in [-0.05, 0) is 49.8 Å². The minimum absolute atomic E-state index is 1.10. The average Bonchev–Trinajstić information content (AvgIpc) is 2.16. The molecule has 0 N–H and O–H groups in total. The molecule has 0 heteroatoms. The highest BCUT2D eigenvalue weighted by molar-refractivity contribution is 5.31. The molecule has 0 aliphatic carbocycles. The molecule has 0 heterocycles. The highest BCUT2D eigenvalue weighted by Gasteiger charge is 1.98. The smallest absolute Gasteiger partial charge is 0.0242 e. The van der Waals surface area contributed by atoms with Crippen molar-refractivity contribution in [3.8, 4) is 0 Å². The molecule has 0 saturated heterocycles. The Morgan fingerprint density at radius 3 is 2.64 bits per heavy atom. The zero-order chi connectivity index (χ0) is 10.6. The summed E-state index contributed by atoms with van der Waals surface area (Å²) >= 11 is 0. The molecule has 0 bridgehead atoms. The van der Waals surface area contributed by atoms with E-state index in [2.05, 4.69) is 45.5 Å². The van der Waals surface area contributed by atoms with Crippen LogP contribution in [0.5, 0.6) is 0 Å². The van der Waals surface area contributed by atoms with Crippen molar-refractivity contribution >= 4 is 0 Å². The van der Waals surface area contributed by atoms with Crippen LogP contribution in [-0.4, -0.2) is 0 Å². The Bertz CT molecular complexity index is 321. The average molecular weight is 188 g/mol. The summed E-state index contributed by atoms with van der Waals surface area (Å²) < 4.78 is 0. The summed E-state index contributed by atoms with van der Waals surface area (Å²) in [5.74, 6) is 0. The summed E-state index contributed by atoms with van der Waals surface area (Å²) in [6.07, 6.45) is 3.36. The van der Waals surface area contributed by atoms with Crippen LogP contribution in [0.3, 0.4) is 0 Å². The number of allylic oxidation sites excluding steroid dienone is 1. The number of hydrogen-bond donors (Lipinski definition) is 0. The van der Waals surface area contributed by atoms with E-state index in [4.69, 9.17) is 0 Å². The quantitative estimate of drug-likeness (QED) is 0.625. The van der Waals surface area contributed by atoms with Gasteiger partial charge >= 0.3 is 0 Å². The van der Waals surface area contributed by atoms with E-state index in [-0.39, 0.29) is 0 Å². The van der Waals surface area contributed by atoms with Crippen molar-refractivity contribution in [3.63, 3.8) is 0 Å². The standard InChI is InChI=1S/C14H20/c1-5-14-10-13(8-6-11(2)3)9-7-12(14)4/h7,9-10H,2,5-6,8H2,1,3-4H3. The van der Waals surface area contributed by atoms with Crippen LogP contribution in [0.25, 0.3) is 0 Å². The minimum Gasteiger partial charge on any atom is -0.100 e. The summed E-state index contributed by atoms with van der Waals surface area (Å²) in [6, 6.07) is 6.79. The first-order valence-electron chi connectivity index (χ1n) is 5.36. The van der Waals surface area contributed by atoms with Gasteiger partial charge in [0.1, 0.15) is 0 Å². The van der Waals surface area contributed by atoms with Crippen molar-refractivity contribution in [1.82, 2.24) is 0 Å². The van der Waals surface area contributed by atoms with Crippen molar-refractivity contribution in [2.75, 3.05) is 0 Å². The third-order valence-electron chi connectivity index (χ3n) is 2.63. The van der Waals surface area contributed by atoms with Crippen LogP contribution in [0, 0.1) is 6.92 Å². The number of hydrogen-bond acceptors (Lipinski definition) is 0. The van der Waals surface area contributed by atoms with Gasteiger partial charge in [-0.1, -0.05) is 30.7 Å². The van der Waals surface area contributed by atoms with E-state index >= 15 is 0 Å². The summed E-state index contributed by atoms with van der Waals surface area (Å²) in [6.45, 7) is 10.4. The lowest BCUT2D eigenvalue weighted by atomic mass is 9.99. The molecule has 0 spiro atoms. The second-order valence-corrected chi connectivity index (χ2v) is 4.07. The molecule has 0 fully saturated rings. The lowest BCUT2D eigenvalue weighted by molar-refractivity contribution is 0.938. The molecule has 1 rings (SSSR count). The lowest BCUT2D eigenvalue weighted by Gasteiger charge is -2.06. The number of aryl methyl sites for hydroxylation is 3. The van der Waals surface area contributed by atoms with Crippen molar-refractivity contribution in [3.05, 3.63) is 47.0 Å². The zero-order valence-corrected chi connectivity index (χ0v) is 9.56. The maximum atomic E-state index is 3.93. The molecule has 0 saturated carbocycles. The van der Waals surface area contributed by atoms with Crippen LogP contribution in [0.4, 0.5) is 0 Å². The lowest BCUT2D eigenvalue weighted by Crippen LogP contribution is -1.91. The predicted molar refractivity (Wildman–Crippen MR) is 63.7 cm³/mol. The number of rotatable bonds is 4. The SMILES string of the molecule is C=C(C)CCc1ccc(C)c(CC)c1. The molecule has 0 aromatic heterocycles. The third-order valence-corrected chi connectivity index (χ3v) is 2.63. The molecule has 1 aromatic carbocycles. The predicted octanol–water partition coefficient (Wildman–Crippen LogP) is 4.07. The molecule has 0 aliphatic heterocycles. The van der Waals surface area contributed by atoms with Crippen LogP contribution in [-0.2, 0) is 12.8 Å². The second kappa shape index (κ2) is 4.99. The van der Waals surface area contributed by atoms with Gasteiger partial charge in [0.25, 0.3) is 0 Å². The highest BCUT2D eigenvalue weighted by atomic mass is 14.0. The molecule has 0 radical (unpaired) electrons. The van der Waals surface area contributed by atoms with Gasteiger partial charge in [0.05, 0.1) is 0 Å². The van der Waals surface area contributed by atoms with Gasteiger partial charge in [0, 0.05) is 0 Å². The molecule has 1 aromatic rings. The van der Waals surface area contributed by atoms with E-state index in [0.29, 0.717) is 0 Å². The van der Waals surface area contributed by atoms with Gasteiger partial charge in [-0.2, -0.15) is 0 Å². The van der Waals surface area contributed by atoms with Gasteiger partial charge in [0.15, 0.2) is 0 Å². The van der Waals surface area contributed by atoms with Crippen LogP contribution < -0.4 is 0 Å². The minimum atomic E-state index is 1.10. The van der Waals surface area contributed by atoms with Crippen molar-refractivity contribution < 1.29 is 0 Å². The normalized spacial score (nSPS) is 10.2. The van der Waals surface area contributed by atoms with E-state index in [1.807, 2.05) is 0 Å². The van der Waals surface area contributed by atoms with E-state index in [1.54, 1.807) is 0 Å². The Balaban J connectivity index is 2.74. The molecule has 76 valence electrons. The second-order valence-electron chi connectivity index (χ2n) is 4.07. The maximum Gasteiger partial charge on any atom is -0.0242 e. The van der Waals surface area contributed by atoms with Gasteiger partial charge in [-0.15, -0.1) is 6.58 Å². The van der Waals surface area contributed by atoms with E-state index in [1.165, 1.54) is 22.3 Å².